The van der Waals surface area contributed by atoms with Gasteiger partial charge in [-0.15, -0.1) is 11.3 Å². The monoisotopic (exact) mass is 491 g/mol. The van der Waals surface area contributed by atoms with Crippen molar-refractivity contribution in [3.8, 4) is 6.07 Å². The third-order valence-electron chi connectivity index (χ3n) is 5.57. The largest absolute Gasteiger partial charge is 0.429 e. The van der Waals surface area contributed by atoms with Crippen molar-refractivity contribution in [3.63, 3.8) is 0 Å². The number of oxime groups is 2. The molecule has 0 aliphatic carbocycles. The summed E-state index contributed by atoms with van der Waals surface area (Å²) in [6, 6.07) is 9.44. The minimum atomic E-state index is -4.58. The Morgan fingerprint density at radius 3 is 2.85 bits per heavy atom. The van der Waals surface area contributed by atoms with E-state index in [1.54, 1.807) is 17.0 Å². The summed E-state index contributed by atoms with van der Waals surface area (Å²) in [7, 11) is 0. The van der Waals surface area contributed by atoms with Gasteiger partial charge in [-0.2, -0.15) is 18.4 Å². The topological polar surface area (TPSA) is 100 Å². The third-order valence-corrected chi connectivity index (χ3v) is 6.58. The van der Waals surface area contributed by atoms with E-state index in [9.17, 15) is 23.2 Å². The number of hydrogen-bond donors (Lipinski definition) is 0. The fourth-order valence-electron chi connectivity index (χ4n) is 3.84. The minimum Gasteiger partial charge on any atom is -0.387 e. The number of aromatic nitrogens is 1. The van der Waals surface area contributed by atoms with Crippen molar-refractivity contribution < 1.29 is 27.6 Å². The number of piperidine rings is 1. The molecule has 1 fully saturated rings. The van der Waals surface area contributed by atoms with Crippen LogP contribution >= 0.6 is 11.3 Å². The van der Waals surface area contributed by atoms with Crippen molar-refractivity contribution in [1.82, 2.24) is 9.88 Å². The number of alkyl halides is 3. The molecule has 1 amide bonds. The molecule has 1 unspecified atom stereocenters. The molecule has 3 heterocycles. The summed E-state index contributed by atoms with van der Waals surface area (Å²) in [6.07, 6.45) is -3.31. The average molecular weight is 491 g/mol. The molecule has 1 atom stereocenters. The summed E-state index contributed by atoms with van der Waals surface area (Å²) < 4.78 is 36.0. The highest BCUT2D eigenvalue weighted by molar-refractivity contribution is 7.10. The van der Waals surface area contributed by atoms with Gasteiger partial charge in [-0.25, -0.2) is 4.98 Å². The van der Waals surface area contributed by atoms with Gasteiger partial charge in [0.05, 0.1) is 22.3 Å². The Morgan fingerprint density at radius 1 is 1.35 bits per heavy atom. The molecular weight excluding hydrogens is 471 g/mol. The second-order valence-corrected chi connectivity index (χ2v) is 8.70. The van der Waals surface area contributed by atoms with Crippen LogP contribution < -0.4 is 0 Å². The Bertz CT molecular complexity index is 1130. The molecule has 0 saturated carbocycles. The molecule has 2 aliphatic rings. The SMILES string of the molecule is N#Cc1ccccc1C1CC(c2csc(C3CCN(C(=O)CON=CC(F)(F)F)CC3)n2)=NO1. The van der Waals surface area contributed by atoms with Crippen molar-refractivity contribution in [3.05, 3.63) is 51.5 Å². The maximum absolute atomic E-state index is 12.1. The molecule has 0 bridgehead atoms. The van der Waals surface area contributed by atoms with Gasteiger partial charge in [0.1, 0.15) is 11.9 Å². The van der Waals surface area contributed by atoms with E-state index in [1.165, 1.54) is 11.3 Å². The molecule has 1 aromatic carbocycles. The first-order valence-electron chi connectivity index (χ1n) is 10.5. The highest BCUT2D eigenvalue weighted by atomic mass is 32.1. The Balaban J connectivity index is 1.28. The molecule has 8 nitrogen and oxygen atoms in total. The van der Waals surface area contributed by atoms with Crippen LogP contribution in [0.25, 0.3) is 0 Å². The van der Waals surface area contributed by atoms with Gasteiger partial charge in [0.15, 0.2) is 12.7 Å². The first kappa shape index (κ1) is 23.7. The van der Waals surface area contributed by atoms with Crippen LogP contribution in [0.15, 0.2) is 40.0 Å². The van der Waals surface area contributed by atoms with Crippen LogP contribution in [-0.4, -0.2) is 53.6 Å². The summed E-state index contributed by atoms with van der Waals surface area (Å²) in [5.74, 6) is -0.233. The summed E-state index contributed by atoms with van der Waals surface area (Å²) in [5.41, 5.74) is 2.82. The van der Waals surface area contributed by atoms with Crippen LogP contribution in [0.3, 0.4) is 0 Å². The number of likely N-dealkylation sites (tertiary alicyclic amines) is 1. The Labute approximate surface area is 197 Å². The van der Waals surface area contributed by atoms with E-state index < -0.39 is 18.7 Å². The van der Waals surface area contributed by atoms with Crippen molar-refractivity contribution in [2.45, 2.75) is 37.5 Å². The van der Waals surface area contributed by atoms with E-state index in [1.807, 2.05) is 17.5 Å². The van der Waals surface area contributed by atoms with E-state index in [0.29, 0.717) is 37.9 Å². The Hall–Kier alpha value is -3.46. The number of benzene rings is 1. The number of amides is 1. The van der Waals surface area contributed by atoms with Crippen molar-refractivity contribution >= 4 is 29.2 Å². The number of hydrogen-bond acceptors (Lipinski definition) is 8. The number of halogens is 3. The standard InChI is InChI=1S/C22H20F3N5O3S/c23-22(24,25)13-27-32-11-20(31)30-7-5-14(6-8-30)21-28-18(12-34-21)17-9-19(33-29-17)16-4-2-1-3-15(16)10-26/h1-4,12-14,19H,5-9,11H2. The maximum Gasteiger partial charge on any atom is 0.429 e. The molecule has 0 radical (unpaired) electrons. The molecular formula is C22H20F3N5O3S. The van der Waals surface area contributed by atoms with Gasteiger partial charge in [0, 0.05) is 36.4 Å². The number of nitrogens with zero attached hydrogens (tertiary/aromatic N) is 5. The molecule has 4 rings (SSSR count). The van der Waals surface area contributed by atoms with E-state index >= 15 is 0 Å². The van der Waals surface area contributed by atoms with Crippen LogP contribution in [0.2, 0.25) is 0 Å². The van der Waals surface area contributed by atoms with Crippen molar-refractivity contribution in [1.29, 1.82) is 5.26 Å². The normalized spacial score (nSPS) is 19.1. The number of carbonyl (C=O) groups excluding carboxylic acids is 1. The summed E-state index contributed by atoms with van der Waals surface area (Å²) in [6.45, 7) is 0.387. The van der Waals surface area contributed by atoms with Gasteiger partial charge in [0.25, 0.3) is 5.91 Å². The Morgan fingerprint density at radius 2 is 2.12 bits per heavy atom. The van der Waals surface area contributed by atoms with E-state index in [4.69, 9.17) is 9.82 Å². The van der Waals surface area contributed by atoms with Crippen LogP contribution in [-0.2, 0) is 14.5 Å². The fourth-order valence-corrected chi connectivity index (χ4v) is 4.84. The molecule has 178 valence electrons. The zero-order valence-corrected chi connectivity index (χ0v) is 18.7. The number of nitriles is 1. The van der Waals surface area contributed by atoms with Gasteiger partial charge in [-0.1, -0.05) is 28.5 Å². The molecule has 2 aliphatic heterocycles. The second-order valence-electron chi connectivity index (χ2n) is 7.81. The molecule has 2 aromatic rings. The highest BCUT2D eigenvalue weighted by Crippen LogP contribution is 2.34. The lowest BCUT2D eigenvalue weighted by molar-refractivity contribution is -0.137. The zero-order chi connectivity index (χ0) is 24.1. The predicted molar refractivity (Wildman–Crippen MR) is 117 cm³/mol. The lowest BCUT2D eigenvalue weighted by atomic mass is 9.97. The first-order chi connectivity index (χ1) is 16.3. The van der Waals surface area contributed by atoms with Crippen LogP contribution in [0.4, 0.5) is 13.2 Å². The van der Waals surface area contributed by atoms with Crippen molar-refractivity contribution in [2.24, 2.45) is 10.3 Å². The van der Waals surface area contributed by atoms with Gasteiger partial charge < -0.3 is 14.6 Å². The second kappa shape index (κ2) is 10.2. The zero-order valence-electron chi connectivity index (χ0n) is 17.9. The lowest BCUT2D eigenvalue weighted by Gasteiger charge is -2.30. The average Bonchev–Trinajstić information content (AvgIpc) is 3.51. The molecule has 0 N–H and O–H groups in total. The number of thiazole rings is 1. The third kappa shape index (κ3) is 5.72. The smallest absolute Gasteiger partial charge is 0.387 e. The van der Waals surface area contributed by atoms with Gasteiger partial charge in [0.2, 0.25) is 0 Å². The Kier molecular flexibility index (Phi) is 7.12. The summed E-state index contributed by atoms with van der Waals surface area (Å²) in [5, 5.41) is 19.1. The molecule has 12 heteroatoms. The predicted octanol–water partition coefficient (Wildman–Crippen LogP) is 4.15. The molecule has 34 heavy (non-hydrogen) atoms. The first-order valence-corrected chi connectivity index (χ1v) is 11.4. The molecule has 1 saturated heterocycles. The lowest BCUT2D eigenvalue weighted by Crippen LogP contribution is -2.39. The highest BCUT2D eigenvalue weighted by Gasteiger charge is 2.30. The molecule has 0 spiro atoms. The number of rotatable bonds is 6. The van der Waals surface area contributed by atoms with Crippen LogP contribution in [0, 0.1) is 11.3 Å². The van der Waals surface area contributed by atoms with Gasteiger partial charge >= 0.3 is 6.18 Å². The quantitative estimate of drug-likeness (QED) is 0.446. The minimum absolute atomic E-state index is 0.171. The molecule has 1 aromatic heterocycles. The fraction of sp³-hybridized carbons (Fsp3) is 0.409. The summed E-state index contributed by atoms with van der Waals surface area (Å²) >= 11 is 1.52. The van der Waals surface area contributed by atoms with Gasteiger partial charge in [-0.3, -0.25) is 4.79 Å². The van der Waals surface area contributed by atoms with Crippen LogP contribution in [0.1, 0.15) is 53.1 Å². The number of carbonyl (C=O) groups is 1. The summed E-state index contributed by atoms with van der Waals surface area (Å²) in [4.78, 5) is 28.4. The van der Waals surface area contributed by atoms with Gasteiger partial charge in [-0.05, 0) is 18.9 Å². The van der Waals surface area contributed by atoms with Crippen LogP contribution in [0.5, 0.6) is 0 Å². The van der Waals surface area contributed by atoms with E-state index in [-0.39, 0.29) is 18.2 Å². The van der Waals surface area contributed by atoms with E-state index in [0.717, 1.165) is 22.0 Å². The van der Waals surface area contributed by atoms with E-state index in [2.05, 4.69) is 21.2 Å². The van der Waals surface area contributed by atoms with Crippen molar-refractivity contribution in [2.75, 3.05) is 19.7 Å². The maximum atomic E-state index is 12.1.